The number of pyridine rings is 1. The number of methoxy groups -OCH3 is 1. The number of aliphatic hydroxyl groups excluding tert-OH is 1. The average Bonchev–Trinajstić information content (AvgIpc) is 2.19. The van der Waals surface area contributed by atoms with Crippen LogP contribution >= 0.6 is 0 Å². The molecule has 0 spiro atoms. The van der Waals surface area contributed by atoms with Gasteiger partial charge >= 0.3 is 0 Å². The van der Waals surface area contributed by atoms with Gasteiger partial charge in [-0.15, -0.1) is 0 Å². The SMILES string of the molecule is COc1c(CO)cnc(CS(C)(=O)=O)c1C. The fraction of sp³-hybridized carbons (Fsp3) is 0.500. The van der Waals surface area contributed by atoms with Crippen molar-refractivity contribution in [1.29, 1.82) is 0 Å². The number of aliphatic hydroxyl groups is 1. The van der Waals surface area contributed by atoms with Crippen molar-refractivity contribution in [3.63, 3.8) is 0 Å². The summed E-state index contributed by atoms with van der Waals surface area (Å²) in [4.78, 5) is 4.02. The van der Waals surface area contributed by atoms with Gasteiger partial charge in [0.15, 0.2) is 9.84 Å². The summed E-state index contributed by atoms with van der Waals surface area (Å²) < 4.78 is 27.5. The maximum atomic E-state index is 11.2. The van der Waals surface area contributed by atoms with Crippen LogP contribution in [0.1, 0.15) is 16.8 Å². The normalized spacial score (nSPS) is 11.5. The second-order valence-electron chi connectivity index (χ2n) is 3.62. The van der Waals surface area contributed by atoms with Crippen molar-refractivity contribution in [2.75, 3.05) is 13.4 Å². The van der Waals surface area contributed by atoms with Crippen LogP contribution in [0.2, 0.25) is 0 Å². The Hall–Kier alpha value is -1.14. The molecule has 0 saturated heterocycles. The Labute approximate surface area is 95.0 Å². The van der Waals surface area contributed by atoms with E-state index in [9.17, 15) is 8.42 Å². The fourth-order valence-corrected chi connectivity index (χ4v) is 2.26. The molecule has 1 N–H and O–H groups in total. The van der Waals surface area contributed by atoms with Gasteiger partial charge in [-0.05, 0) is 6.92 Å². The summed E-state index contributed by atoms with van der Waals surface area (Å²) in [6.07, 6.45) is 2.59. The van der Waals surface area contributed by atoms with Crippen molar-refractivity contribution in [1.82, 2.24) is 4.98 Å². The molecule has 1 rings (SSSR count). The van der Waals surface area contributed by atoms with Gasteiger partial charge in [0.1, 0.15) is 5.75 Å². The van der Waals surface area contributed by atoms with Crippen LogP contribution in [0.4, 0.5) is 0 Å². The molecule has 0 fully saturated rings. The molecule has 0 atom stereocenters. The second-order valence-corrected chi connectivity index (χ2v) is 5.76. The van der Waals surface area contributed by atoms with Gasteiger partial charge in [-0.3, -0.25) is 4.98 Å². The Bertz CT molecular complexity index is 482. The summed E-state index contributed by atoms with van der Waals surface area (Å²) in [5.41, 5.74) is 1.66. The minimum atomic E-state index is -3.12. The van der Waals surface area contributed by atoms with Crippen LogP contribution in [0.5, 0.6) is 5.75 Å². The molecule has 0 aliphatic rings. The van der Waals surface area contributed by atoms with Gasteiger partial charge in [-0.25, -0.2) is 8.42 Å². The van der Waals surface area contributed by atoms with Gasteiger partial charge in [-0.1, -0.05) is 0 Å². The van der Waals surface area contributed by atoms with Gasteiger partial charge in [0.2, 0.25) is 0 Å². The molecule has 16 heavy (non-hydrogen) atoms. The van der Waals surface area contributed by atoms with Gasteiger partial charge in [0, 0.05) is 23.6 Å². The molecular weight excluding hydrogens is 230 g/mol. The number of nitrogens with zero attached hydrogens (tertiary/aromatic N) is 1. The molecule has 1 aromatic heterocycles. The molecule has 0 saturated carbocycles. The highest BCUT2D eigenvalue weighted by Crippen LogP contribution is 2.25. The number of hydrogen-bond acceptors (Lipinski definition) is 5. The zero-order chi connectivity index (χ0) is 12.3. The first kappa shape index (κ1) is 12.9. The van der Waals surface area contributed by atoms with Gasteiger partial charge in [-0.2, -0.15) is 0 Å². The first-order valence-corrected chi connectivity index (χ1v) is 6.75. The Morgan fingerprint density at radius 2 is 2.12 bits per heavy atom. The molecule has 5 nitrogen and oxygen atoms in total. The van der Waals surface area contributed by atoms with Gasteiger partial charge < -0.3 is 9.84 Å². The van der Waals surface area contributed by atoms with Crippen molar-refractivity contribution in [2.45, 2.75) is 19.3 Å². The lowest BCUT2D eigenvalue weighted by molar-refractivity contribution is 0.272. The zero-order valence-electron chi connectivity index (χ0n) is 9.52. The minimum Gasteiger partial charge on any atom is -0.496 e. The molecular formula is C10H15NO4S. The maximum Gasteiger partial charge on any atom is 0.153 e. The lowest BCUT2D eigenvalue weighted by Crippen LogP contribution is -2.07. The molecule has 90 valence electrons. The maximum absolute atomic E-state index is 11.2. The van der Waals surface area contributed by atoms with Crippen LogP contribution in [0, 0.1) is 6.92 Å². The molecule has 0 bridgehead atoms. The van der Waals surface area contributed by atoms with Gasteiger partial charge in [0.05, 0.1) is 25.2 Å². The van der Waals surface area contributed by atoms with Crippen LogP contribution in [0.3, 0.4) is 0 Å². The molecule has 1 aromatic rings. The highest BCUT2D eigenvalue weighted by atomic mass is 32.2. The van der Waals surface area contributed by atoms with Crippen molar-refractivity contribution in [2.24, 2.45) is 0 Å². The molecule has 0 unspecified atom stereocenters. The van der Waals surface area contributed by atoms with E-state index in [1.54, 1.807) is 6.92 Å². The van der Waals surface area contributed by atoms with Crippen LogP contribution in [-0.2, 0) is 22.2 Å². The van der Waals surface area contributed by atoms with E-state index in [0.717, 1.165) is 6.26 Å². The zero-order valence-corrected chi connectivity index (χ0v) is 10.3. The molecule has 6 heteroatoms. The van der Waals surface area contributed by atoms with Crippen LogP contribution in [0.25, 0.3) is 0 Å². The van der Waals surface area contributed by atoms with E-state index < -0.39 is 9.84 Å². The summed E-state index contributed by atoms with van der Waals surface area (Å²) in [5, 5.41) is 9.06. The average molecular weight is 245 g/mol. The monoisotopic (exact) mass is 245 g/mol. The van der Waals surface area contributed by atoms with E-state index in [1.165, 1.54) is 13.3 Å². The number of ether oxygens (including phenoxy) is 1. The van der Waals surface area contributed by atoms with Crippen molar-refractivity contribution in [3.8, 4) is 5.75 Å². The minimum absolute atomic E-state index is 0.124. The smallest absolute Gasteiger partial charge is 0.153 e. The third-order valence-electron chi connectivity index (χ3n) is 2.21. The largest absolute Gasteiger partial charge is 0.496 e. The number of sulfone groups is 1. The number of hydrogen-bond donors (Lipinski definition) is 1. The van der Waals surface area contributed by atoms with Crippen molar-refractivity contribution < 1.29 is 18.3 Å². The lowest BCUT2D eigenvalue weighted by Gasteiger charge is -2.12. The van der Waals surface area contributed by atoms with Crippen LogP contribution < -0.4 is 4.74 Å². The fourth-order valence-electron chi connectivity index (χ4n) is 1.47. The summed E-state index contributed by atoms with van der Waals surface area (Å²) in [5.74, 6) is 0.372. The topological polar surface area (TPSA) is 76.5 Å². The Morgan fingerprint density at radius 1 is 1.50 bits per heavy atom. The molecule has 0 amide bonds. The first-order chi connectivity index (χ1) is 7.39. The van der Waals surface area contributed by atoms with E-state index >= 15 is 0 Å². The lowest BCUT2D eigenvalue weighted by atomic mass is 10.1. The third kappa shape index (κ3) is 2.93. The number of rotatable bonds is 4. The Balaban J connectivity index is 3.24. The first-order valence-electron chi connectivity index (χ1n) is 4.69. The highest BCUT2D eigenvalue weighted by Gasteiger charge is 2.14. The molecule has 0 radical (unpaired) electrons. The van der Waals surface area contributed by atoms with Crippen molar-refractivity contribution in [3.05, 3.63) is 23.0 Å². The quantitative estimate of drug-likeness (QED) is 0.832. The molecule has 1 heterocycles. The van der Waals surface area contributed by atoms with Crippen molar-refractivity contribution >= 4 is 9.84 Å². The van der Waals surface area contributed by atoms with E-state index in [2.05, 4.69) is 4.98 Å². The summed E-state index contributed by atoms with van der Waals surface area (Å²) in [6, 6.07) is 0. The Kier molecular flexibility index (Phi) is 3.88. The standard InChI is InChI=1S/C10H15NO4S/c1-7-9(6-16(3,13)14)11-4-8(5-12)10(7)15-2/h4,12H,5-6H2,1-3H3. The van der Waals surface area contributed by atoms with E-state index in [0.29, 0.717) is 22.6 Å². The number of aromatic nitrogens is 1. The van der Waals surface area contributed by atoms with Gasteiger partial charge in [0.25, 0.3) is 0 Å². The second kappa shape index (κ2) is 4.80. The van der Waals surface area contributed by atoms with Crippen LogP contribution in [0.15, 0.2) is 6.20 Å². The summed E-state index contributed by atoms with van der Waals surface area (Å²) >= 11 is 0. The Morgan fingerprint density at radius 3 is 2.56 bits per heavy atom. The van der Waals surface area contributed by atoms with E-state index in [-0.39, 0.29) is 12.4 Å². The third-order valence-corrected chi connectivity index (χ3v) is 3.01. The highest BCUT2D eigenvalue weighted by molar-refractivity contribution is 7.89. The predicted molar refractivity (Wildman–Crippen MR) is 60.0 cm³/mol. The summed E-state index contributed by atoms with van der Waals surface area (Å²) in [6.45, 7) is 1.54. The molecule has 0 aromatic carbocycles. The summed E-state index contributed by atoms with van der Waals surface area (Å²) in [7, 11) is -1.65. The van der Waals surface area contributed by atoms with Crippen LogP contribution in [-0.4, -0.2) is 31.9 Å². The molecule has 0 aliphatic heterocycles. The molecule has 0 aliphatic carbocycles. The van der Waals surface area contributed by atoms with E-state index in [1.807, 2.05) is 0 Å². The predicted octanol–water partition coefficient (Wildman–Crippen LogP) is 0.436. The van der Waals surface area contributed by atoms with E-state index in [4.69, 9.17) is 9.84 Å².